The van der Waals surface area contributed by atoms with Crippen LogP contribution in [0.1, 0.15) is 452 Å². The van der Waals surface area contributed by atoms with E-state index in [4.69, 9.17) is 37.0 Å². The molecule has 0 aliphatic rings. The van der Waals surface area contributed by atoms with Crippen LogP contribution < -0.4 is 0 Å². The summed E-state index contributed by atoms with van der Waals surface area (Å²) in [5, 5.41) is 10.7. The molecule has 0 aromatic carbocycles. The molecule has 104 heavy (non-hydrogen) atoms. The Kier molecular flexibility index (Phi) is 75.0. The normalized spacial score (nSPS) is 13.8. The van der Waals surface area contributed by atoms with Gasteiger partial charge in [-0.15, -0.1) is 0 Å². The number of esters is 4. The number of unbranched alkanes of at least 4 members (excludes halogenated alkanes) is 54. The summed E-state index contributed by atoms with van der Waals surface area (Å²) in [6, 6.07) is 0. The Balaban J connectivity index is 5.19. The van der Waals surface area contributed by atoms with Gasteiger partial charge in [0.05, 0.1) is 26.4 Å². The molecule has 0 amide bonds. The summed E-state index contributed by atoms with van der Waals surface area (Å²) >= 11 is 0. The van der Waals surface area contributed by atoms with E-state index in [1.807, 2.05) is 0 Å². The zero-order valence-electron chi connectivity index (χ0n) is 68.3. The van der Waals surface area contributed by atoms with E-state index in [1.54, 1.807) is 0 Å². The van der Waals surface area contributed by atoms with Crippen LogP contribution in [-0.4, -0.2) is 96.7 Å². The maximum absolute atomic E-state index is 13.1. The minimum absolute atomic E-state index is 0.108. The summed E-state index contributed by atoms with van der Waals surface area (Å²) < 4.78 is 68.8. The van der Waals surface area contributed by atoms with Crippen LogP contribution in [0.4, 0.5) is 0 Å². The molecule has 0 saturated heterocycles. The van der Waals surface area contributed by atoms with Crippen LogP contribution >= 0.6 is 15.6 Å². The van der Waals surface area contributed by atoms with Gasteiger partial charge in [0, 0.05) is 25.7 Å². The van der Waals surface area contributed by atoms with E-state index in [9.17, 15) is 43.2 Å². The summed E-state index contributed by atoms with van der Waals surface area (Å²) in [7, 11) is -9.92. The van der Waals surface area contributed by atoms with E-state index in [-0.39, 0.29) is 25.7 Å². The number of phosphoric ester groups is 2. The highest BCUT2D eigenvalue weighted by Gasteiger charge is 2.30. The number of aliphatic hydroxyl groups is 1. The molecule has 0 aliphatic carbocycles. The van der Waals surface area contributed by atoms with E-state index in [2.05, 4.69) is 41.5 Å². The zero-order valence-corrected chi connectivity index (χ0v) is 70.1. The molecule has 0 bridgehead atoms. The smallest absolute Gasteiger partial charge is 0.462 e. The molecule has 0 saturated carbocycles. The lowest BCUT2D eigenvalue weighted by Crippen LogP contribution is -2.30. The second-order valence-corrected chi connectivity index (χ2v) is 34.4. The first-order valence-electron chi connectivity index (χ1n) is 44.0. The molecule has 0 heterocycles. The van der Waals surface area contributed by atoms with Crippen molar-refractivity contribution in [2.45, 2.75) is 471 Å². The Morgan fingerprint density at radius 2 is 0.442 bits per heavy atom. The second-order valence-electron chi connectivity index (χ2n) is 31.5. The Hall–Kier alpha value is -1.94. The molecule has 618 valence electrons. The maximum Gasteiger partial charge on any atom is 0.472 e. The molecule has 0 fully saturated rings. The minimum Gasteiger partial charge on any atom is -0.462 e. The zero-order chi connectivity index (χ0) is 76.4. The third-order valence-corrected chi connectivity index (χ3v) is 21.9. The van der Waals surface area contributed by atoms with Crippen LogP contribution in [0.25, 0.3) is 0 Å². The van der Waals surface area contributed by atoms with Crippen molar-refractivity contribution in [3.8, 4) is 0 Å². The van der Waals surface area contributed by atoms with Gasteiger partial charge in [-0.3, -0.25) is 37.3 Å². The van der Waals surface area contributed by atoms with Crippen molar-refractivity contribution < 1.29 is 80.2 Å². The quantitative estimate of drug-likeness (QED) is 0.0222. The molecule has 0 rings (SSSR count). The number of ether oxygens (including phenoxy) is 4. The largest absolute Gasteiger partial charge is 0.472 e. The molecule has 19 heteroatoms. The lowest BCUT2D eigenvalue weighted by atomic mass is 10.0. The molecule has 2 unspecified atom stereocenters. The third-order valence-electron chi connectivity index (χ3n) is 20.0. The van der Waals surface area contributed by atoms with Crippen molar-refractivity contribution >= 4 is 39.5 Å². The highest BCUT2D eigenvalue weighted by molar-refractivity contribution is 7.47. The first-order valence-corrected chi connectivity index (χ1v) is 47.0. The van der Waals surface area contributed by atoms with E-state index >= 15 is 0 Å². The van der Waals surface area contributed by atoms with Crippen LogP contribution in [0.5, 0.6) is 0 Å². The van der Waals surface area contributed by atoms with Gasteiger partial charge in [-0.1, -0.05) is 401 Å². The van der Waals surface area contributed by atoms with Crippen LogP contribution in [0.15, 0.2) is 0 Å². The van der Waals surface area contributed by atoms with Crippen molar-refractivity contribution in [2.24, 2.45) is 11.8 Å². The SMILES string of the molecule is CCCCCCCCCCCCCCCCCCCCCCC(=O)O[C@H](COC(=O)CCCCCCCCCCCCCCCCCCC(C)C)COP(=O)(O)OC[C@@H](O)COP(=O)(O)OC[C@@H](COC(=O)CCCCCCCCCC)OC(=O)CCCCCCCCCCCCCCCCC(C)C. The van der Waals surface area contributed by atoms with Crippen molar-refractivity contribution in [1.82, 2.24) is 0 Å². The number of rotatable bonds is 84. The summed E-state index contributed by atoms with van der Waals surface area (Å²) in [4.78, 5) is 73.1. The first kappa shape index (κ1) is 102. The standard InChI is InChI=1S/C85H166O17P2/c1-7-9-11-13-15-17-18-19-20-21-22-23-24-29-35-40-45-51-57-63-69-85(90)102-81(74-96-83(88)68-62-56-50-44-39-34-28-26-25-27-32-37-42-47-53-59-65-77(3)4)76-100-104(93,94)98-72-79(86)71-97-103(91,92)99-75-80(73-95-82(87)67-61-55-49-16-14-12-10-8-2)101-84(89)70-64-58-52-46-41-36-31-30-33-38-43-48-54-60-66-78(5)6/h77-81,86H,7-76H2,1-6H3,(H,91,92)(H,93,94)/t79-,80+,81+/m0/s1. The van der Waals surface area contributed by atoms with Gasteiger partial charge >= 0.3 is 39.5 Å². The van der Waals surface area contributed by atoms with Gasteiger partial charge in [0.15, 0.2) is 12.2 Å². The summed E-state index contributed by atoms with van der Waals surface area (Å²) in [5.74, 6) is -0.498. The molecule has 0 radical (unpaired) electrons. The molecule has 0 aromatic heterocycles. The Labute approximate surface area is 638 Å². The average molecular weight is 1520 g/mol. The fourth-order valence-electron chi connectivity index (χ4n) is 13.2. The number of carbonyl (C=O) groups excluding carboxylic acids is 4. The number of hydrogen-bond donors (Lipinski definition) is 3. The van der Waals surface area contributed by atoms with Crippen LogP contribution in [0.2, 0.25) is 0 Å². The number of hydrogen-bond acceptors (Lipinski definition) is 15. The Morgan fingerprint density at radius 1 is 0.260 bits per heavy atom. The molecular weight excluding hydrogens is 1350 g/mol. The van der Waals surface area contributed by atoms with Crippen molar-refractivity contribution in [3.05, 3.63) is 0 Å². The van der Waals surface area contributed by atoms with Gasteiger partial charge in [-0.05, 0) is 37.5 Å². The number of aliphatic hydroxyl groups excluding tert-OH is 1. The van der Waals surface area contributed by atoms with E-state index in [0.717, 1.165) is 108 Å². The van der Waals surface area contributed by atoms with Gasteiger partial charge in [-0.25, -0.2) is 9.13 Å². The van der Waals surface area contributed by atoms with Gasteiger partial charge < -0.3 is 33.8 Å². The lowest BCUT2D eigenvalue weighted by molar-refractivity contribution is -0.161. The molecule has 0 aromatic rings. The first-order chi connectivity index (χ1) is 50.4. The van der Waals surface area contributed by atoms with Crippen LogP contribution in [0, 0.1) is 11.8 Å². The minimum atomic E-state index is -4.96. The monoisotopic (exact) mass is 1520 g/mol. The molecule has 0 aliphatic heterocycles. The van der Waals surface area contributed by atoms with Gasteiger partial charge in [-0.2, -0.15) is 0 Å². The highest BCUT2D eigenvalue weighted by Crippen LogP contribution is 2.45. The van der Waals surface area contributed by atoms with Crippen LogP contribution in [-0.2, 0) is 65.4 Å². The van der Waals surface area contributed by atoms with Gasteiger partial charge in [0.25, 0.3) is 0 Å². The van der Waals surface area contributed by atoms with Crippen molar-refractivity contribution in [3.63, 3.8) is 0 Å². The van der Waals surface area contributed by atoms with Crippen molar-refractivity contribution in [2.75, 3.05) is 39.6 Å². The highest BCUT2D eigenvalue weighted by atomic mass is 31.2. The predicted octanol–water partition coefficient (Wildman–Crippen LogP) is 25.8. The Morgan fingerprint density at radius 3 is 0.654 bits per heavy atom. The summed E-state index contributed by atoms with van der Waals surface area (Å²) in [6.07, 6.45) is 68.1. The van der Waals surface area contributed by atoms with Gasteiger partial charge in [0.1, 0.15) is 19.3 Å². The fraction of sp³-hybridized carbons (Fsp3) is 0.953. The molecule has 5 atom stereocenters. The third kappa shape index (κ3) is 78.2. The molecule has 0 spiro atoms. The van der Waals surface area contributed by atoms with E-state index in [0.29, 0.717) is 25.7 Å². The predicted molar refractivity (Wildman–Crippen MR) is 428 cm³/mol. The molecular formula is C85H166O17P2. The second kappa shape index (κ2) is 76.4. The Bertz CT molecular complexity index is 1990. The van der Waals surface area contributed by atoms with Crippen molar-refractivity contribution in [1.29, 1.82) is 0 Å². The maximum atomic E-state index is 13.1. The average Bonchev–Trinajstić information content (AvgIpc) is 0.921. The van der Waals surface area contributed by atoms with Gasteiger partial charge in [0.2, 0.25) is 0 Å². The fourth-order valence-corrected chi connectivity index (χ4v) is 14.8. The molecule has 3 N–H and O–H groups in total. The van der Waals surface area contributed by atoms with E-state index < -0.39 is 97.5 Å². The molecule has 17 nitrogen and oxygen atoms in total. The summed E-state index contributed by atoms with van der Waals surface area (Å²) in [5.41, 5.74) is 0. The van der Waals surface area contributed by atoms with Crippen LogP contribution in [0.3, 0.4) is 0 Å². The number of phosphoric acid groups is 2. The topological polar surface area (TPSA) is 237 Å². The summed E-state index contributed by atoms with van der Waals surface area (Å²) in [6.45, 7) is 9.69. The number of carbonyl (C=O) groups is 4. The van der Waals surface area contributed by atoms with E-state index in [1.165, 1.54) is 263 Å². The lowest BCUT2D eigenvalue weighted by Gasteiger charge is -2.21.